The number of hydrogen-bond acceptors (Lipinski definition) is 7. The number of oxazole rings is 1. The molecule has 2 atom stereocenters. The number of aromatic nitrogens is 1. The van der Waals surface area contributed by atoms with Crippen molar-refractivity contribution < 1.29 is 37.4 Å². The maximum Gasteiger partial charge on any atom is 0.306 e. The van der Waals surface area contributed by atoms with E-state index < -0.39 is 17.6 Å². The molecule has 220 valence electrons. The van der Waals surface area contributed by atoms with Crippen LogP contribution < -0.4 is 5.32 Å². The van der Waals surface area contributed by atoms with Gasteiger partial charge in [0.25, 0.3) is 6.01 Å². The first kappa shape index (κ1) is 28.9. The van der Waals surface area contributed by atoms with Gasteiger partial charge in [-0.15, -0.1) is 0 Å². The Morgan fingerprint density at radius 1 is 1.07 bits per heavy atom. The van der Waals surface area contributed by atoms with Gasteiger partial charge in [0.1, 0.15) is 11.3 Å². The highest BCUT2D eigenvalue weighted by Gasteiger charge is 2.38. The first-order valence-corrected chi connectivity index (χ1v) is 14.0. The zero-order chi connectivity index (χ0) is 29.1. The number of rotatable bonds is 10. The predicted octanol–water partition coefficient (Wildman–Crippen LogP) is 5.37. The standard InChI is InChI=1S/C30H35F2N3O6/c1-17-3-7-20(31)14-25(17)34-30-33-24-12-6-19(27(32)28(24)41-30)13-26(36)35-21(15-39-2)8-9-22(35)16-40-23-10-4-18(5-11-23)29(37)38/h3,6-7,12,14,18,21-23H,4-5,8-11,13,15-16H2,1-2H3,(H,33,34)(H,37,38)/t18?,21-,22-,23?/m0/s1. The summed E-state index contributed by atoms with van der Waals surface area (Å²) in [5.74, 6) is -2.41. The second kappa shape index (κ2) is 12.5. The number of amides is 1. The molecule has 2 aromatic carbocycles. The topological polar surface area (TPSA) is 114 Å². The molecule has 1 aliphatic carbocycles. The number of fused-ring (bicyclic) bond motifs is 1. The summed E-state index contributed by atoms with van der Waals surface area (Å²) in [4.78, 5) is 30.8. The van der Waals surface area contributed by atoms with Crippen LogP contribution in [-0.2, 0) is 25.5 Å². The Bertz CT molecular complexity index is 1400. The molecule has 2 fully saturated rings. The molecule has 1 aromatic heterocycles. The largest absolute Gasteiger partial charge is 0.481 e. The van der Waals surface area contributed by atoms with Gasteiger partial charge in [0.05, 0.1) is 43.7 Å². The third-order valence-electron chi connectivity index (χ3n) is 8.17. The monoisotopic (exact) mass is 571 g/mol. The summed E-state index contributed by atoms with van der Waals surface area (Å²) in [7, 11) is 1.59. The fourth-order valence-corrected chi connectivity index (χ4v) is 5.90. The highest BCUT2D eigenvalue weighted by Crippen LogP contribution is 2.32. The number of methoxy groups -OCH3 is 1. The van der Waals surface area contributed by atoms with Crippen molar-refractivity contribution in [2.75, 3.05) is 25.6 Å². The van der Waals surface area contributed by atoms with E-state index in [0.717, 1.165) is 18.4 Å². The van der Waals surface area contributed by atoms with Crippen LogP contribution in [0.1, 0.15) is 49.7 Å². The van der Waals surface area contributed by atoms with Crippen LogP contribution in [0.3, 0.4) is 0 Å². The van der Waals surface area contributed by atoms with Gasteiger partial charge in [-0.3, -0.25) is 9.59 Å². The number of carbonyl (C=O) groups excluding carboxylic acids is 1. The number of anilines is 2. The first-order chi connectivity index (χ1) is 19.7. The third-order valence-corrected chi connectivity index (χ3v) is 8.17. The summed E-state index contributed by atoms with van der Waals surface area (Å²) in [5, 5.41) is 12.1. The minimum Gasteiger partial charge on any atom is -0.481 e. The number of nitrogens with one attached hydrogen (secondary N) is 1. The van der Waals surface area contributed by atoms with Crippen LogP contribution in [0.15, 0.2) is 34.7 Å². The summed E-state index contributed by atoms with van der Waals surface area (Å²) in [6.07, 6.45) is 3.81. The Labute approximate surface area is 236 Å². The van der Waals surface area contributed by atoms with Crippen molar-refractivity contribution in [2.24, 2.45) is 5.92 Å². The van der Waals surface area contributed by atoms with E-state index in [9.17, 15) is 19.1 Å². The molecular weight excluding hydrogens is 536 g/mol. The Kier molecular flexibility index (Phi) is 8.84. The molecule has 41 heavy (non-hydrogen) atoms. The van der Waals surface area contributed by atoms with Gasteiger partial charge in [0, 0.05) is 18.4 Å². The van der Waals surface area contributed by atoms with Crippen molar-refractivity contribution in [3.8, 4) is 0 Å². The molecule has 0 bridgehead atoms. The van der Waals surface area contributed by atoms with Crippen molar-refractivity contribution in [3.05, 3.63) is 53.1 Å². The third kappa shape index (κ3) is 6.51. The summed E-state index contributed by atoms with van der Waals surface area (Å²) < 4.78 is 46.4. The molecule has 2 aliphatic rings. The Morgan fingerprint density at radius 2 is 1.80 bits per heavy atom. The molecule has 1 saturated heterocycles. The van der Waals surface area contributed by atoms with Crippen molar-refractivity contribution in [1.29, 1.82) is 0 Å². The summed E-state index contributed by atoms with van der Waals surface area (Å²) >= 11 is 0. The number of carboxylic acids is 1. The quantitative estimate of drug-likeness (QED) is 0.334. The second-order valence-electron chi connectivity index (χ2n) is 11.0. The fourth-order valence-electron chi connectivity index (χ4n) is 5.90. The van der Waals surface area contributed by atoms with E-state index in [1.165, 1.54) is 18.2 Å². The van der Waals surface area contributed by atoms with Gasteiger partial charge in [0.15, 0.2) is 11.4 Å². The molecule has 9 nitrogen and oxygen atoms in total. The van der Waals surface area contributed by atoms with Gasteiger partial charge in [-0.25, -0.2) is 8.78 Å². The molecule has 11 heteroatoms. The predicted molar refractivity (Wildman–Crippen MR) is 147 cm³/mol. The number of nitrogens with zero attached hydrogens (tertiary/aromatic N) is 2. The zero-order valence-corrected chi connectivity index (χ0v) is 23.2. The van der Waals surface area contributed by atoms with Crippen LogP contribution in [0.4, 0.5) is 20.5 Å². The second-order valence-corrected chi connectivity index (χ2v) is 11.0. The zero-order valence-electron chi connectivity index (χ0n) is 23.2. The van der Waals surface area contributed by atoms with Gasteiger partial charge >= 0.3 is 5.97 Å². The lowest BCUT2D eigenvalue weighted by Crippen LogP contribution is -2.46. The molecule has 1 aliphatic heterocycles. The molecular formula is C30H35F2N3O6. The van der Waals surface area contributed by atoms with Crippen LogP contribution in [0.25, 0.3) is 11.1 Å². The van der Waals surface area contributed by atoms with E-state index in [2.05, 4.69) is 10.3 Å². The number of likely N-dealkylation sites (tertiary alicyclic amines) is 1. The van der Waals surface area contributed by atoms with Crippen LogP contribution in [-0.4, -0.2) is 65.4 Å². The molecule has 3 aromatic rings. The van der Waals surface area contributed by atoms with E-state index in [-0.39, 0.29) is 59.1 Å². The summed E-state index contributed by atoms with van der Waals surface area (Å²) in [6.45, 7) is 2.50. The fraction of sp³-hybridized carbons (Fsp3) is 0.500. The first-order valence-electron chi connectivity index (χ1n) is 14.0. The van der Waals surface area contributed by atoms with Gasteiger partial charge in [-0.1, -0.05) is 12.1 Å². The number of aliphatic carboxylic acids is 1. The number of halogens is 2. The Balaban J connectivity index is 1.27. The van der Waals surface area contributed by atoms with Crippen molar-refractivity contribution in [2.45, 2.75) is 70.1 Å². The molecule has 2 N–H and O–H groups in total. The average Bonchev–Trinajstić information content (AvgIpc) is 3.55. The van der Waals surface area contributed by atoms with Gasteiger partial charge in [0.2, 0.25) is 5.91 Å². The van der Waals surface area contributed by atoms with Crippen LogP contribution >= 0.6 is 0 Å². The Hall–Kier alpha value is -3.57. The van der Waals surface area contributed by atoms with Crippen LogP contribution in [0.2, 0.25) is 0 Å². The summed E-state index contributed by atoms with van der Waals surface area (Å²) in [5.41, 5.74) is 1.59. The summed E-state index contributed by atoms with van der Waals surface area (Å²) in [6, 6.07) is 7.08. The molecule has 5 rings (SSSR count). The highest BCUT2D eigenvalue weighted by atomic mass is 19.1. The van der Waals surface area contributed by atoms with Gasteiger partial charge < -0.3 is 29.2 Å². The lowest BCUT2D eigenvalue weighted by molar-refractivity contribution is -0.144. The highest BCUT2D eigenvalue weighted by molar-refractivity contribution is 5.83. The normalized spacial score (nSPS) is 22.8. The van der Waals surface area contributed by atoms with E-state index in [1.807, 2.05) is 0 Å². The number of carboxylic acid groups (broad SMARTS) is 1. The van der Waals surface area contributed by atoms with Crippen molar-refractivity contribution >= 4 is 34.7 Å². The van der Waals surface area contributed by atoms with E-state index in [4.69, 9.17) is 13.9 Å². The minimum atomic E-state index is -0.761. The lowest BCUT2D eigenvalue weighted by atomic mass is 9.87. The minimum absolute atomic E-state index is 0.0189. The van der Waals surface area contributed by atoms with E-state index >= 15 is 4.39 Å². The van der Waals surface area contributed by atoms with Crippen LogP contribution in [0.5, 0.6) is 0 Å². The van der Waals surface area contributed by atoms with Crippen molar-refractivity contribution in [3.63, 3.8) is 0 Å². The number of benzene rings is 2. The molecule has 1 saturated carbocycles. The average molecular weight is 572 g/mol. The number of carbonyl (C=O) groups is 2. The van der Waals surface area contributed by atoms with E-state index in [0.29, 0.717) is 44.6 Å². The maximum absolute atomic E-state index is 15.6. The molecule has 0 unspecified atom stereocenters. The SMILES string of the molecule is COC[C@@H]1CC[C@@H](COC2CCC(C(=O)O)CC2)N1C(=O)Cc1ccc2nc(Nc3cc(F)ccc3C)oc2c1F. The van der Waals surface area contributed by atoms with Gasteiger partial charge in [-0.2, -0.15) is 4.98 Å². The van der Waals surface area contributed by atoms with E-state index in [1.54, 1.807) is 31.1 Å². The van der Waals surface area contributed by atoms with Crippen molar-refractivity contribution in [1.82, 2.24) is 9.88 Å². The molecule has 0 radical (unpaired) electrons. The van der Waals surface area contributed by atoms with Crippen LogP contribution in [0, 0.1) is 24.5 Å². The smallest absolute Gasteiger partial charge is 0.306 e. The van der Waals surface area contributed by atoms with Gasteiger partial charge in [-0.05, 0) is 69.2 Å². The molecule has 1 amide bonds. The molecule has 2 heterocycles. The Morgan fingerprint density at radius 3 is 2.51 bits per heavy atom. The molecule has 0 spiro atoms. The number of hydrogen-bond donors (Lipinski definition) is 2. The maximum atomic E-state index is 15.6. The lowest BCUT2D eigenvalue weighted by Gasteiger charge is -2.32. The number of aryl methyl sites for hydroxylation is 1. The number of ether oxygens (including phenoxy) is 2.